The van der Waals surface area contributed by atoms with Crippen LogP contribution in [-0.2, 0) is 6.54 Å². The predicted octanol–water partition coefficient (Wildman–Crippen LogP) is 1.60. The number of rotatable bonds is 4. The van der Waals surface area contributed by atoms with Crippen LogP contribution in [0.4, 0.5) is 0 Å². The summed E-state index contributed by atoms with van der Waals surface area (Å²) in [6, 6.07) is 7.94. The maximum atomic E-state index is 5.87. The third kappa shape index (κ3) is 3.00. The zero-order valence-corrected chi connectivity index (χ0v) is 13.6. The monoisotopic (exact) mass is 350 g/mol. The van der Waals surface area contributed by atoms with Gasteiger partial charge >= 0.3 is 0 Å². The summed E-state index contributed by atoms with van der Waals surface area (Å²) in [5.74, 6) is 0.850. The second kappa shape index (κ2) is 5.82. The Bertz CT molecular complexity index is 627. The Balaban J connectivity index is 1.80. The van der Waals surface area contributed by atoms with Crippen molar-refractivity contribution in [2.75, 3.05) is 19.6 Å². The van der Waals surface area contributed by atoms with Crippen molar-refractivity contribution in [3.63, 3.8) is 0 Å². The van der Waals surface area contributed by atoms with E-state index in [1.807, 2.05) is 24.3 Å². The predicted molar refractivity (Wildman–Crippen MR) is 83.9 cm³/mol. The number of nitrogens with zero attached hydrogens (tertiary/aromatic N) is 5. The number of tetrazole rings is 1. The molecule has 2 N–H and O–H groups in total. The SMILES string of the molecule is CC1(CN)CCN(Cc2nnnn2-c2ccccc2Br)C1. The number of hydrogen-bond donors (Lipinski definition) is 1. The lowest BCUT2D eigenvalue weighted by Gasteiger charge is -2.22. The Labute approximate surface area is 132 Å². The van der Waals surface area contributed by atoms with Crippen molar-refractivity contribution >= 4 is 15.9 Å². The molecule has 0 aliphatic carbocycles. The van der Waals surface area contributed by atoms with Crippen LogP contribution in [0.25, 0.3) is 5.69 Å². The van der Waals surface area contributed by atoms with Gasteiger partial charge in [0.1, 0.15) is 0 Å². The van der Waals surface area contributed by atoms with E-state index in [2.05, 4.69) is 43.3 Å². The molecule has 1 aromatic heterocycles. The van der Waals surface area contributed by atoms with Crippen LogP contribution >= 0.6 is 15.9 Å². The molecule has 1 aromatic carbocycles. The van der Waals surface area contributed by atoms with E-state index in [-0.39, 0.29) is 5.41 Å². The van der Waals surface area contributed by atoms with Crippen LogP contribution in [0.15, 0.2) is 28.7 Å². The first-order valence-corrected chi connectivity index (χ1v) is 7.85. The quantitative estimate of drug-likeness (QED) is 0.906. The molecule has 2 aromatic rings. The van der Waals surface area contributed by atoms with Gasteiger partial charge in [0, 0.05) is 11.0 Å². The maximum Gasteiger partial charge on any atom is 0.170 e. The van der Waals surface area contributed by atoms with Crippen LogP contribution in [0.5, 0.6) is 0 Å². The fourth-order valence-electron chi connectivity index (χ4n) is 2.74. The Morgan fingerprint density at radius 1 is 1.38 bits per heavy atom. The Kier molecular flexibility index (Phi) is 4.05. The fraction of sp³-hybridized carbons (Fsp3) is 0.500. The van der Waals surface area contributed by atoms with Crippen molar-refractivity contribution in [2.45, 2.75) is 19.9 Å². The zero-order valence-electron chi connectivity index (χ0n) is 12.0. The van der Waals surface area contributed by atoms with Crippen molar-refractivity contribution in [1.82, 2.24) is 25.1 Å². The minimum absolute atomic E-state index is 0.214. The highest BCUT2D eigenvalue weighted by molar-refractivity contribution is 9.10. The molecule has 1 atom stereocenters. The second-order valence-corrected chi connectivity index (χ2v) is 6.79. The molecule has 0 radical (unpaired) electrons. The average Bonchev–Trinajstić information content (AvgIpc) is 3.08. The normalized spacial score (nSPS) is 22.8. The molecule has 6 nitrogen and oxygen atoms in total. The summed E-state index contributed by atoms with van der Waals surface area (Å²) < 4.78 is 2.77. The highest BCUT2D eigenvalue weighted by Gasteiger charge is 2.33. The van der Waals surface area contributed by atoms with Crippen LogP contribution in [0.3, 0.4) is 0 Å². The van der Waals surface area contributed by atoms with Crippen molar-refractivity contribution < 1.29 is 0 Å². The molecular formula is C14H19BrN6. The van der Waals surface area contributed by atoms with Gasteiger partial charge in [-0.25, -0.2) is 0 Å². The molecule has 0 bridgehead atoms. The fourth-order valence-corrected chi connectivity index (χ4v) is 3.20. The molecule has 0 saturated carbocycles. The molecule has 2 heterocycles. The molecular weight excluding hydrogens is 332 g/mol. The number of hydrogen-bond acceptors (Lipinski definition) is 5. The van der Waals surface area contributed by atoms with E-state index in [1.54, 1.807) is 4.68 Å². The van der Waals surface area contributed by atoms with Gasteiger partial charge < -0.3 is 5.73 Å². The molecule has 3 rings (SSSR count). The van der Waals surface area contributed by atoms with Crippen molar-refractivity contribution in [2.24, 2.45) is 11.1 Å². The van der Waals surface area contributed by atoms with Crippen molar-refractivity contribution in [3.8, 4) is 5.69 Å². The third-order valence-electron chi connectivity index (χ3n) is 4.11. The Morgan fingerprint density at radius 3 is 2.90 bits per heavy atom. The zero-order chi connectivity index (χ0) is 14.9. The van der Waals surface area contributed by atoms with Gasteiger partial charge in [-0.05, 0) is 63.4 Å². The van der Waals surface area contributed by atoms with E-state index in [1.165, 1.54) is 0 Å². The lowest BCUT2D eigenvalue weighted by Crippen LogP contribution is -2.31. The van der Waals surface area contributed by atoms with Gasteiger partial charge in [0.15, 0.2) is 5.82 Å². The highest BCUT2D eigenvalue weighted by Crippen LogP contribution is 2.29. The maximum absolute atomic E-state index is 5.87. The highest BCUT2D eigenvalue weighted by atomic mass is 79.9. The summed E-state index contributed by atoms with van der Waals surface area (Å²) in [6.07, 6.45) is 1.13. The van der Waals surface area contributed by atoms with Crippen LogP contribution in [-0.4, -0.2) is 44.7 Å². The minimum Gasteiger partial charge on any atom is -0.330 e. The molecule has 1 aliphatic heterocycles. The largest absolute Gasteiger partial charge is 0.330 e. The number of aromatic nitrogens is 4. The summed E-state index contributed by atoms with van der Waals surface area (Å²) in [6.45, 7) is 5.73. The second-order valence-electron chi connectivity index (χ2n) is 5.93. The molecule has 112 valence electrons. The molecule has 7 heteroatoms. The standard InChI is InChI=1S/C14H19BrN6/c1-14(9-16)6-7-20(10-14)8-13-17-18-19-21(13)12-5-3-2-4-11(12)15/h2-5H,6-10,16H2,1H3. The van der Waals surface area contributed by atoms with Crippen LogP contribution < -0.4 is 5.73 Å². The van der Waals surface area contributed by atoms with Crippen LogP contribution in [0, 0.1) is 5.41 Å². The van der Waals surface area contributed by atoms with Crippen LogP contribution in [0.2, 0.25) is 0 Å². The van der Waals surface area contributed by atoms with Gasteiger partial charge in [0.05, 0.1) is 12.2 Å². The third-order valence-corrected chi connectivity index (χ3v) is 4.78. The first-order chi connectivity index (χ1) is 10.1. The van der Waals surface area contributed by atoms with E-state index >= 15 is 0 Å². The van der Waals surface area contributed by atoms with E-state index in [4.69, 9.17) is 5.73 Å². The minimum atomic E-state index is 0.214. The molecule has 1 saturated heterocycles. The summed E-state index contributed by atoms with van der Waals surface area (Å²) >= 11 is 3.55. The smallest absolute Gasteiger partial charge is 0.170 e. The van der Waals surface area contributed by atoms with E-state index in [9.17, 15) is 0 Å². The lowest BCUT2D eigenvalue weighted by atomic mass is 9.90. The molecule has 1 aliphatic rings. The van der Waals surface area contributed by atoms with Gasteiger partial charge in [-0.1, -0.05) is 19.1 Å². The molecule has 1 fully saturated rings. The molecule has 21 heavy (non-hydrogen) atoms. The Hall–Kier alpha value is -1.31. The van der Waals surface area contributed by atoms with E-state index in [0.717, 1.165) is 48.6 Å². The number of halogens is 1. The van der Waals surface area contributed by atoms with E-state index in [0.29, 0.717) is 0 Å². The number of nitrogens with two attached hydrogens (primary N) is 1. The van der Waals surface area contributed by atoms with Gasteiger partial charge in [-0.15, -0.1) is 5.10 Å². The summed E-state index contributed by atoms with van der Waals surface area (Å²) in [7, 11) is 0. The molecule has 1 unspecified atom stereocenters. The number of benzene rings is 1. The van der Waals surface area contributed by atoms with Gasteiger partial charge in [0.25, 0.3) is 0 Å². The lowest BCUT2D eigenvalue weighted by molar-refractivity contribution is 0.267. The first kappa shape index (κ1) is 14.6. The van der Waals surface area contributed by atoms with Gasteiger partial charge in [0.2, 0.25) is 0 Å². The van der Waals surface area contributed by atoms with Crippen LogP contribution in [0.1, 0.15) is 19.2 Å². The first-order valence-electron chi connectivity index (χ1n) is 7.06. The molecule has 0 amide bonds. The van der Waals surface area contributed by atoms with Crippen molar-refractivity contribution in [3.05, 3.63) is 34.6 Å². The summed E-state index contributed by atoms with van der Waals surface area (Å²) in [5.41, 5.74) is 7.04. The van der Waals surface area contributed by atoms with E-state index < -0.39 is 0 Å². The molecule has 0 spiro atoms. The number of para-hydroxylation sites is 1. The van der Waals surface area contributed by atoms with Crippen molar-refractivity contribution in [1.29, 1.82) is 0 Å². The number of likely N-dealkylation sites (tertiary alicyclic amines) is 1. The van der Waals surface area contributed by atoms with Gasteiger partial charge in [-0.3, -0.25) is 4.90 Å². The Morgan fingerprint density at radius 2 is 2.19 bits per heavy atom. The average molecular weight is 351 g/mol. The van der Waals surface area contributed by atoms with Gasteiger partial charge in [-0.2, -0.15) is 4.68 Å². The topological polar surface area (TPSA) is 72.9 Å². The summed E-state index contributed by atoms with van der Waals surface area (Å²) in [5, 5.41) is 12.1. The summed E-state index contributed by atoms with van der Waals surface area (Å²) in [4.78, 5) is 2.37.